The Morgan fingerprint density at radius 3 is 2.62 bits per heavy atom. The molecule has 0 aliphatic heterocycles. The van der Waals surface area contributed by atoms with Crippen molar-refractivity contribution < 1.29 is 4.79 Å². The lowest BCUT2D eigenvalue weighted by Gasteiger charge is -2.10. The summed E-state index contributed by atoms with van der Waals surface area (Å²) >= 11 is 6.34. The lowest BCUT2D eigenvalue weighted by atomic mass is 10.1. The topological polar surface area (TPSA) is 59.8 Å². The second-order valence-electron chi connectivity index (χ2n) is 5.88. The summed E-state index contributed by atoms with van der Waals surface area (Å²) in [7, 11) is 0. The van der Waals surface area contributed by atoms with Gasteiger partial charge in [0, 0.05) is 18.9 Å². The van der Waals surface area contributed by atoms with E-state index in [1.807, 2.05) is 50.2 Å². The fourth-order valence-corrected chi connectivity index (χ4v) is 3.15. The number of carbonyl (C=O) groups is 1. The van der Waals surface area contributed by atoms with Crippen molar-refractivity contribution in [3.63, 3.8) is 0 Å². The first-order valence-electron chi connectivity index (χ1n) is 8.68. The first-order chi connectivity index (χ1) is 12.7. The van der Waals surface area contributed by atoms with Crippen LogP contribution in [0.3, 0.4) is 0 Å². The number of carbonyl (C=O) groups excluding carboxylic acids is 1. The normalized spacial score (nSPS) is 10.7. The molecule has 0 aliphatic rings. The Balaban J connectivity index is 1.96. The zero-order valence-electron chi connectivity index (χ0n) is 14.9. The number of nitrogens with one attached hydrogen (secondary N) is 1. The molecule has 6 heteroatoms. The Bertz CT molecular complexity index is 905. The summed E-state index contributed by atoms with van der Waals surface area (Å²) in [5.41, 5.74) is 4.00. The molecule has 0 aliphatic carbocycles. The molecular formula is C20H21ClN4O. The van der Waals surface area contributed by atoms with Gasteiger partial charge in [-0.3, -0.25) is 9.78 Å². The number of aromatic nitrogens is 3. The summed E-state index contributed by atoms with van der Waals surface area (Å²) in [5, 5.41) is 8.25. The van der Waals surface area contributed by atoms with Gasteiger partial charge in [0.1, 0.15) is 0 Å². The molecule has 1 aromatic carbocycles. The highest BCUT2D eigenvalue weighted by Crippen LogP contribution is 2.25. The molecule has 1 N–H and O–H groups in total. The molecule has 0 spiro atoms. The molecule has 1 amide bonds. The van der Waals surface area contributed by atoms with Gasteiger partial charge in [-0.15, -0.1) is 0 Å². The van der Waals surface area contributed by atoms with Crippen LogP contribution in [0.25, 0.3) is 5.69 Å². The Kier molecular flexibility index (Phi) is 5.68. The van der Waals surface area contributed by atoms with Gasteiger partial charge < -0.3 is 5.32 Å². The molecular weight excluding hydrogens is 348 g/mol. The summed E-state index contributed by atoms with van der Waals surface area (Å²) in [6.45, 7) is 4.44. The van der Waals surface area contributed by atoms with Crippen LogP contribution in [0.5, 0.6) is 0 Å². The molecule has 134 valence electrons. The number of pyridine rings is 1. The summed E-state index contributed by atoms with van der Waals surface area (Å²) in [6.07, 6.45) is 4.80. The molecule has 0 fully saturated rings. The Hall–Kier alpha value is -2.66. The van der Waals surface area contributed by atoms with Gasteiger partial charge in [0.15, 0.2) is 0 Å². The summed E-state index contributed by atoms with van der Waals surface area (Å²) in [6, 6.07) is 11.3. The molecule has 5 nitrogen and oxygen atoms in total. The van der Waals surface area contributed by atoms with E-state index in [1.165, 1.54) is 0 Å². The highest BCUT2D eigenvalue weighted by Gasteiger charge is 2.23. The number of amides is 1. The highest BCUT2D eigenvalue weighted by molar-refractivity contribution is 6.32. The number of rotatable bonds is 6. The third-order valence-corrected chi connectivity index (χ3v) is 4.53. The quantitative estimate of drug-likeness (QED) is 0.716. The lowest BCUT2D eigenvalue weighted by Crippen LogP contribution is -2.24. The SMILES string of the molecule is CCc1nn(-c2ccccc2Cl)c(CC)c1C(=O)NCc1cccnc1. The Morgan fingerprint density at radius 2 is 1.96 bits per heavy atom. The molecule has 2 heterocycles. The maximum atomic E-state index is 12.9. The van der Waals surface area contributed by atoms with E-state index < -0.39 is 0 Å². The van der Waals surface area contributed by atoms with Crippen LogP contribution in [0.2, 0.25) is 5.02 Å². The van der Waals surface area contributed by atoms with Crippen LogP contribution in [0, 0.1) is 0 Å². The van der Waals surface area contributed by atoms with Gasteiger partial charge in [0.2, 0.25) is 0 Å². The second kappa shape index (κ2) is 8.15. The zero-order chi connectivity index (χ0) is 18.5. The maximum absolute atomic E-state index is 12.9. The fraction of sp³-hybridized carbons (Fsp3) is 0.250. The standard InChI is InChI=1S/C20H21ClN4O/c1-3-16-19(20(26)23-13-14-8-7-11-22-12-14)17(4-2)25(24-16)18-10-6-5-9-15(18)21/h5-12H,3-4,13H2,1-2H3,(H,23,26). The van der Waals surface area contributed by atoms with Crippen molar-refractivity contribution in [1.82, 2.24) is 20.1 Å². The van der Waals surface area contributed by atoms with Gasteiger partial charge in [-0.1, -0.05) is 43.6 Å². The van der Waals surface area contributed by atoms with Crippen molar-refractivity contribution in [3.05, 3.63) is 76.3 Å². The van der Waals surface area contributed by atoms with Gasteiger partial charge in [0.05, 0.1) is 27.7 Å². The minimum Gasteiger partial charge on any atom is -0.348 e. The van der Waals surface area contributed by atoms with Crippen molar-refractivity contribution >= 4 is 17.5 Å². The number of halogens is 1. The predicted molar refractivity (Wildman–Crippen MR) is 103 cm³/mol. The van der Waals surface area contributed by atoms with Crippen LogP contribution < -0.4 is 5.32 Å². The first kappa shape index (κ1) is 18.1. The molecule has 3 aromatic rings. The highest BCUT2D eigenvalue weighted by atomic mass is 35.5. The number of para-hydroxylation sites is 1. The van der Waals surface area contributed by atoms with E-state index in [1.54, 1.807) is 17.1 Å². The van der Waals surface area contributed by atoms with Gasteiger partial charge >= 0.3 is 0 Å². The number of benzene rings is 1. The molecule has 2 aromatic heterocycles. The van der Waals surface area contributed by atoms with Crippen molar-refractivity contribution in [1.29, 1.82) is 0 Å². The maximum Gasteiger partial charge on any atom is 0.255 e. The van der Waals surface area contributed by atoms with Crippen LogP contribution in [0.4, 0.5) is 0 Å². The zero-order valence-corrected chi connectivity index (χ0v) is 15.6. The fourth-order valence-electron chi connectivity index (χ4n) is 2.94. The molecule has 0 bridgehead atoms. The molecule has 0 saturated heterocycles. The van der Waals surface area contributed by atoms with Gasteiger partial charge in [-0.25, -0.2) is 4.68 Å². The van der Waals surface area contributed by atoms with Crippen LogP contribution in [-0.4, -0.2) is 20.7 Å². The van der Waals surface area contributed by atoms with E-state index in [2.05, 4.69) is 15.4 Å². The number of nitrogens with zero attached hydrogens (tertiary/aromatic N) is 3. The summed E-state index contributed by atoms with van der Waals surface area (Å²) < 4.78 is 1.79. The molecule has 3 rings (SSSR count). The van der Waals surface area contributed by atoms with Crippen LogP contribution in [0.15, 0.2) is 48.8 Å². The summed E-state index contributed by atoms with van der Waals surface area (Å²) in [5.74, 6) is -0.124. The van der Waals surface area contributed by atoms with Crippen molar-refractivity contribution in [2.45, 2.75) is 33.2 Å². The van der Waals surface area contributed by atoms with E-state index in [0.29, 0.717) is 30.0 Å². The van der Waals surface area contributed by atoms with Crippen LogP contribution >= 0.6 is 11.6 Å². The van der Waals surface area contributed by atoms with Crippen molar-refractivity contribution in [2.75, 3.05) is 0 Å². The molecule has 0 atom stereocenters. The lowest BCUT2D eigenvalue weighted by molar-refractivity contribution is 0.0949. The van der Waals surface area contributed by atoms with Gasteiger partial charge in [-0.05, 0) is 36.6 Å². The Morgan fingerprint density at radius 1 is 1.15 bits per heavy atom. The molecule has 0 radical (unpaired) electrons. The Labute approximate surface area is 158 Å². The number of hydrogen-bond acceptors (Lipinski definition) is 3. The second-order valence-corrected chi connectivity index (χ2v) is 6.29. The van der Waals surface area contributed by atoms with E-state index in [9.17, 15) is 4.79 Å². The van der Waals surface area contributed by atoms with E-state index in [-0.39, 0.29) is 5.91 Å². The average Bonchev–Trinajstić information content (AvgIpc) is 3.06. The third-order valence-electron chi connectivity index (χ3n) is 4.21. The largest absolute Gasteiger partial charge is 0.348 e. The van der Waals surface area contributed by atoms with Crippen molar-refractivity contribution in [2.24, 2.45) is 0 Å². The summed E-state index contributed by atoms with van der Waals surface area (Å²) in [4.78, 5) is 17.0. The smallest absolute Gasteiger partial charge is 0.255 e. The molecule has 0 saturated carbocycles. The van der Waals surface area contributed by atoms with E-state index in [0.717, 1.165) is 22.6 Å². The van der Waals surface area contributed by atoms with Gasteiger partial charge in [0.25, 0.3) is 5.91 Å². The average molecular weight is 369 g/mol. The minimum absolute atomic E-state index is 0.124. The third kappa shape index (κ3) is 3.63. The van der Waals surface area contributed by atoms with Crippen LogP contribution in [-0.2, 0) is 19.4 Å². The van der Waals surface area contributed by atoms with Crippen LogP contribution in [0.1, 0.15) is 41.2 Å². The van der Waals surface area contributed by atoms with Crippen molar-refractivity contribution in [3.8, 4) is 5.69 Å². The number of aryl methyl sites for hydroxylation is 1. The first-order valence-corrected chi connectivity index (χ1v) is 9.06. The van der Waals surface area contributed by atoms with E-state index in [4.69, 9.17) is 11.6 Å². The van der Waals surface area contributed by atoms with Gasteiger partial charge in [-0.2, -0.15) is 5.10 Å². The molecule has 26 heavy (non-hydrogen) atoms. The number of hydrogen-bond donors (Lipinski definition) is 1. The minimum atomic E-state index is -0.124. The monoisotopic (exact) mass is 368 g/mol. The van der Waals surface area contributed by atoms with E-state index >= 15 is 0 Å². The molecule has 0 unspecified atom stereocenters. The predicted octanol–water partition coefficient (Wildman–Crippen LogP) is 3.98.